The second-order valence-corrected chi connectivity index (χ2v) is 47.3. The smallest absolute Gasteiger partial charge is 0.216 e. The van der Waals surface area contributed by atoms with Crippen LogP contribution in [-0.2, 0) is 49.9 Å². The molecule has 4 aliphatic carbocycles. The van der Waals surface area contributed by atoms with Crippen molar-refractivity contribution in [2.75, 3.05) is 0 Å². The van der Waals surface area contributed by atoms with Crippen LogP contribution >= 0.6 is 0 Å². The number of rotatable bonds is 14. The summed E-state index contributed by atoms with van der Waals surface area (Å²) >= 11 is 0. The van der Waals surface area contributed by atoms with E-state index in [0.717, 1.165) is 83.2 Å². The molecule has 20 aromatic rings. The van der Waals surface area contributed by atoms with Crippen molar-refractivity contribution in [2.45, 2.75) is 226 Å². The molecule has 8 aromatic heterocycles. The van der Waals surface area contributed by atoms with Gasteiger partial charge >= 0.3 is 0 Å². The van der Waals surface area contributed by atoms with Gasteiger partial charge in [0.15, 0.2) is 24.8 Å². The summed E-state index contributed by atoms with van der Waals surface area (Å²) in [6.07, 6.45) is 15.2. The number of benzene rings is 12. The van der Waals surface area contributed by atoms with Gasteiger partial charge in [-0.25, -0.2) is 18.3 Å². The minimum Gasteiger partial charge on any atom is -0.455 e. The molecule has 8 nitrogen and oxygen atoms in total. The first-order valence-corrected chi connectivity index (χ1v) is 53.0. The molecule has 0 atom stereocenters. The first kappa shape index (κ1) is 96.6. The van der Waals surface area contributed by atoms with Gasteiger partial charge in [-0.3, -0.25) is 0 Å². The molecule has 0 fully saturated rings. The Bertz CT molecular complexity index is 8580. The SMILES string of the molecule is CCC1(CC)c2ccccc2-c2cc3c(cc21)oc1c(-c2cc(C)cc[n+]2C)c(C)ccc13.Cc1cc[n+](C)c(-c2c(C)ccc3c2oc2cc4c(cc23)-c2ccccc2C4(C(C)C)C(C)C)c1.Cc1cc[n+](C)c(-c2c(C)ccc3c2oc2cc4c(cc23)-c2ccccc2C4(CC(C)(C)C)CC(C)(C)C)c1.Cc1cc[n+](C)c(-c2c(C)ccc3c2oc2cc4c(cc23)-c2ccccc2C4(CC(C)C)CC(C)C)c1. The van der Waals surface area contributed by atoms with Crippen molar-refractivity contribution >= 4 is 87.8 Å². The van der Waals surface area contributed by atoms with Crippen LogP contribution < -0.4 is 18.3 Å². The largest absolute Gasteiger partial charge is 0.455 e. The third-order valence-corrected chi connectivity index (χ3v) is 33.3. The Labute approximate surface area is 852 Å². The lowest BCUT2D eigenvalue weighted by Gasteiger charge is -2.42. The minimum atomic E-state index is -0.0582. The molecule has 0 spiro atoms. The van der Waals surface area contributed by atoms with Gasteiger partial charge in [0.25, 0.3) is 0 Å². The van der Waals surface area contributed by atoms with Crippen LogP contribution in [0, 0.1) is 89.9 Å². The molecule has 0 radical (unpaired) electrons. The van der Waals surface area contributed by atoms with Gasteiger partial charge in [-0.15, -0.1) is 0 Å². The molecule has 0 bridgehead atoms. The zero-order valence-electron chi connectivity index (χ0n) is 90.4. The summed E-state index contributed by atoms with van der Waals surface area (Å²) in [6.45, 7) is 55.2. The molecule has 0 saturated carbocycles. The zero-order valence-corrected chi connectivity index (χ0v) is 90.4. The number of pyridine rings is 4. The number of nitrogens with zero attached hydrogens (tertiary/aromatic N) is 4. The summed E-state index contributed by atoms with van der Waals surface area (Å²) < 4.78 is 36.0. The first-order chi connectivity index (χ1) is 68.7. The highest BCUT2D eigenvalue weighted by Crippen LogP contribution is 2.63. The van der Waals surface area contributed by atoms with Crippen molar-refractivity contribution in [2.24, 2.45) is 62.7 Å². The summed E-state index contributed by atoms with van der Waals surface area (Å²) in [7, 11) is 8.46. The van der Waals surface area contributed by atoms with Crippen molar-refractivity contribution in [3.63, 3.8) is 0 Å². The maximum Gasteiger partial charge on any atom is 0.216 e. The van der Waals surface area contributed by atoms with E-state index in [4.69, 9.17) is 17.7 Å². The molecular formula is C136H144N4O4+4. The van der Waals surface area contributed by atoms with Crippen molar-refractivity contribution in [3.8, 4) is 89.5 Å². The standard InChI is InChI=1S/C37H42NO.C35H38NO.C33H34NO.C31H30NO/c1-23-16-17-38(9)31(18-23)33-24(2)14-15-26-28-19-27-25-12-10-11-13-29(25)37(21-35(3,4)5,22-36(6,7)8)30(27)20-32(28)39-34(26)33;1-21(2)19-35(20-22(3)4)29-11-9-8-10-25(29)27-17-28-26-13-12-24(6)33(31-16-23(5)14-15-36(31)7)34(26)37-32(28)18-30(27)35;1-19(2)33(20(3)4)27-11-9-8-10-23(27)25-17-26-24-13-12-22(6)31(29-16-21(5)14-15-34(29)7)32(24)35-30(26)18-28(25)33;1-6-31(7-2)25-11-9-8-10-21(25)23-17-24-22-13-12-20(4)29(27-16-19(3)14-15-32(27)5)30(22)33-28(24)18-26(23)31/h10-20H,21-22H2,1-9H3;8-18,21-22H,19-20H2,1-7H3;8-20H,1-7H3;8-18H,6-7H2,1-5H3/q4*+1. The summed E-state index contributed by atoms with van der Waals surface area (Å²) in [4.78, 5) is 0. The summed E-state index contributed by atoms with van der Waals surface area (Å²) in [5.41, 5.74) is 50.3. The van der Waals surface area contributed by atoms with Gasteiger partial charge < -0.3 is 17.7 Å². The molecular weight excluding hydrogens is 1750 g/mol. The fourth-order valence-electron chi connectivity index (χ4n) is 27.5. The third kappa shape index (κ3) is 15.5. The van der Waals surface area contributed by atoms with Crippen LogP contribution in [-0.4, -0.2) is 0 Å². The number of fused-ring (bicyclic) bond motifs is 24. The lowest BCUT2D eigenvalue weighted by molar-refractivity contribution is -0.660. The summed E-state index contributed by atoms with van der Waals surface area (Å²) in [6, 6.07) is 91.0. The maximum atomic E-state index is 6.88. The monoisotopic (exact) mass is 1900 g/mol. The minimum absolute atomic E-state index is 0.0170. The van der Waals surface area contributed by atoms with E-state index in [1.165, 1.54) is 222 Å². The fourth-order valence-corrected chi connectivity index (χ4v) is 27.5. The van der Waals surface area contributed by atoms with Crippen LogP contribution in [0.2, 0.25) is 0 Å². The Morgan fingerprint density at radius 3 is 0.792 bits per heavy atom. The van der Waals surface area contributed by atoms with Gasteiger partial charge in [0, 0.05) is 113 Å². The number of hydrogen-bond acceptors (Lipinski definition) is 4. The molecule has 0 N–H and O–H groups in total. The molecule has 8 heteroatoms. The van der Waals surface area contributed by atoms with Crippen molar-refractivity contribution in [3.05, 3.63) is 356 Å². The second-order valence-electron chi connectivity index (χ2n) is 47.3. The molecule has 0 saturated heterocycles. The third-order valence-electron chi connectivity index (χ3n) is 33.3. The predicted octanol–water partition coefficient (Wildman–Crippen LogP) is 34.9. The molecule has 24 rings (SSSR count). The van der Waals surface area contributed by atoms with E-state index in [1.807, 2.05) is 0 Å². The molecule has 144 heavy (non-hydrogen) atoms. The molecule has 12 aromatic carbocycles. The van der Waals surface area contributed by atoms with Crippen LogP contribution in [0.15, 0.2) is 285 Å². The van der Waals surface area contributed by atoms with Crippen LogP contribution in [0.5, 0.6) is 0 Å². The van der Waals surface area contributed by atoms with E-state index in [1.54, 1.807) is 0 Å². The van der Waals surface area contributed by atoms with Crippen molar-refractivity contribution in [1.29, 1.82) is 0 Å². The summed E-state index contributed by atoms with van der Waals surface area (Å²) in [5.74, 6) is 2.13. The quantitative estimate of drug-likeness (QED) is 0.102. The van der Waals surface area contributed by atoms with Gasteiger partial charge in [0.1, 0.15) is 72.9 Å². The Balaban J connectivity index is 0.000000113. The molecule has 4 aliphatic rings. The topological polar surface area (TPSA) is 68.1 Å². The lowest BCUT2D eigenvalue weighted by Crippen LogP contribution is -2.37. The Hall–Kier alpha value is -13.6. The maximum absolute atomic E-state index is 6.88. The summed E-state index contributed by atoms with van der Waals surface area (Å²) in [5, 5.41) is 9.60. The second kappa shape index (κ2) is 35.7. The molecule has 0 amide bonds. The van der Waals surface area contributed by atoms with Crippen LogP contribution in [0.1, 0.15) is 238 Å². The fraction of sp³-hybridized carbons (Fsp3) is 0.324. The Kier molecular flexibility index (Phi) is 24.0. The normalized spacial score (nSPS) is 14.3. The average Bonchev–Trinajstić information content (AvgIpc) is 1.52. The van der Waals surface area contributed by atoms with E-state index in [0.29, 0.717) is 23.7 Å². The van der Waals surface area contributed by atoms with E-state index in [9.17, 15) is 0 Å². The van der Waals surface area contributed by atoms with E-state index >= 15 is 0 Å². The number of furan rings is 4. The zero-order chi connectivity index (χ0) is 102. The predicted molar refractivity (Wildman–Crippen MR) is 601 cm³/mol. The van der Waals surface area contributed by atoms with Crippen molar-refractivity contribution in [1.82, 2.24) is 0 Å². The number of aryl methyl sites for hydroxylation is 12. The van der Waals surface area contributed by atoms with Gasteiger partial charge in [-0.2, -0.15) is 0 Å². The van der Waals surface area contributed by atoms with Gasteiger partial charge in [-0.05, 0) is 310 Å². The average molecular weight is 1900 g/mol. The highest BCUT2D eigenvalue weighted by Gasteiger charge is 2.52. The Morgan fingerprint density at radius 2 is 0.507 bits per heavy atom. The molecule has 8 heterocycles. The van der Waals surface area contributed by atoms with Gasteiger partial charge in [0.2, 0.25) is 22.8 Å². The van der Waals surface area contributed by atoms with Crippen LogP contribution in [0.25, 0.3) is 177 Å². The highest BCUT2D eigenvalue weighted by atomic mass is 16.3. The van der Waals surface area contributed by atoms with Crippen molar-refractivity contribution < 1.29 is 35.9 Å². The number of hydrogen-bond donors (Lipinski definition) is 0. The van der Waals surface area contributed by atoms with Crippen LogP contribution in [0.4, 0.5) is 0 Å². The number of aromatic nitrogens is 4. The highest BCUT2D eigenvalue weighted by molar-refractivity contribution is 6.16. The van der Waals surface area contributed by atoms with Gasteiger partial charge in [-0.1, -0.05) is 256 Å². The molecule has 728 valence electrons. The van der Waals surface area contributed by atoms with E-state index in [2.05, 4.69) is 480 Å². The lowest BCUT2D eigenvalue weighted by atomic mass is 9.62. The van der Waals surface area contributed by atoms with Gasteiger partial charge in [0.05, 0.1) is 22.3 Å². The molecule has 0 unspecified atom stereocenters. The van der Waals surface area contributed by atoms with E-state index < -0.39 is 0 Å². The molecule has 0 aliphatic heterocycles. The van der Waals surface area contributed by atoms with E-state index in [-0.39, 0.29) is 32.5 Å². The first-order valence-electron chi connectivity index (χ1n) is 53.0. The van der Waals surface area contributed by atoms with Crippen LogP contribution in [0.3, 0.4) is 0 Å². The Morgan fingerprint density at radius 1 is 0.257 bits per heavy atom.